The number of amides is 1. The van der Waals surface area contributed by atoms with Crippen LogP contribution in [0, 0.1) is 0 Å². The molecule has 4 atom stereocenters. The first-order valence-corrected chi connectivity index (χ1v) is 6.48. The van der Waals surface area contributed by atoms with Gasteiger partial charge in [0, 0.05) is 0 Å². The number of ether oxygens (including phenoxy) is 1. The monoisotopic (exact) mass is 286 g/mol. The van der Waals surface area contributed by atoms with Crippen molar-refractivity contribution in [1.82, 2.24) is 5.32 Å². The van der Waals surface area contributed by atoms with E-state index in [1.165, 1.54) is 0 Å². The normalized spacial score (nSPS) is 32.5. The maximum Gasteiger partial charge on any atom is 0.469 e. The Hall–Kier alpha value is -0.580. The molecular formula is C7H15N2O8P. The van der Waals surface area contributed by atoms with E-state index in [2.05, 4.69) is 9.84 Å². The molecule has 0 radical (unpaired) electrons. The van der Waals surface area contributed by atoms with Crippen molar-refractivity contribution in [2.75, 3.05) is 13.2 Å². The molecule has 11 heteroatoms. The summed E-state index contributed by atoms with van der Waals surface area (Å²) in [6.07, 6.45) is -5.26. The minimum Gasteiger partial charge on any atom is -0.387 e. The van der Waals surface area contributed by atoms with Crippen LogP contribution in [0.5, 0.6) is 0 Å². The zero-order valence-electron chi connectivity index (χ0n) is 9.17. The molecule has 1 aliphatic heterocycles. The maximum atomic E-state index is 11.0. The summed E-state index contributed by atoms with van der Waals surface area (Å²) in [5, 5.41) is 21.2. The molecular weight excluding hydrogens is 271 g/mol. The topological polar surface area (TPSA) is 172 Å². The third-order valence-electron chi connectivity index (χ3n) is 2.26. The number of hydrogen-bond acceptors (Lipinski definition) is 7. The average Bonchev–Trinajstić information content (AvgIpc) is 2.53. The summed E-state index contributed by atoms with van der Waals surface area (Å²) in [4.78, 5) is 27.9. The molecule has 0 unspecified atom stereocenters. The van der Waals surface area contributed by atoms with Crippen LogP contribution in [0.25, 0.3) is 0 Å². The lowest BCUT2D eigenvalue weighted by atomic mass is 10.1. The molecule has 0 aromatic rings. The number of phosphoric ester groups is 1. The van der Waals surface area contributed by atoms with E-state index < -0.39 is 44.9 Å². The summed E-state index contributed by atoms with van der Waals surface area (Å²) in [6.45, 7) is -0.955. The number of aliphatic hydroxyl groups is 2. The predicted octanol–water partition coefficient (Wildman–Crippen LogP) is -3.38. The molecule has 0 aromatic carbocycles. The number of nitrogens with one attached hydrogen (secondary N) is 1. The molecule has 18 heavy (non-hydrogen) atoms. The van der Waals surface area contributed by atoms with E-state index >= 15 is 0 Å². The SMILES string of the molecule is NCC(=O)N[C@H]1O[C@H](COP(=O)(O)O)[C@H](O)[C@H]1O. The minimum absolute atomic E-state index is 0.327. The lowest BCUT2D eigenvalue weighted by Gasteiger charge is -2.15. The Balaban J connectivity index is 2.53. The standard InChI is InChI=1S/C7H15N2O8P/c8-1-4(10)9-7-6(12)5(11)3(17-7)2-16-18(13,14)15/h3,5-7,11-12H,1-2,8H2,(H,9,10)(H2,13,14,15)/t3-,5+,6-,7+/m1/s1. The highest BCUT2D eigenvalue weighted by Gasteiger charge is 2.44. The largest absolute Gasteiger partial charge is 0.469 e. The lowest BCUT2D eigenvalue weighted by Crippen LogP contribution is -2.45. The van der Waals surface area contributed by atoms with Crippen LogP contribution in [0.1, 0.15) is 0 Å². The zero-order chi connectivity index (χ0) is 13.9. The van der Waals surface area contributed by atoms with Gasteiger partial charge in [-0.25, -0.2) is 4.57 Å². The fraction of sp³-hybridized carbons (Fsp3) is 0.857. The molecule has 0 bridgehead atoms. The molecule has 106 valence electrons. The first-order chi connectivity index (χ1) is 8.24. The molecule has 0 aliphatic carbocycles. The molecule has 0 aromatic heterocycles. The summed E-state index contributed by atoms with van der Waals surface area (Å²) in [6, 6.07) is 0. The van der Waals surface area contributed by atoms with E-state index in [4.69, 9.17) is 20.3 Å². The smallest absolute Gasteiger partial charge is 0.387 e. The minimum atomic E-state index is -4.70. The molecule has 1 aliphatic rings. The summed E-state index contributed by atoms with van der Waals surface area (Å²) in [5.41, 5.74) is 5.04. The quantitative estimate of drug-likeness (QED) is 0.282. The number of nitrogens with two attached hydrogens (primary N) is 1. The van der Waals surface area contributed by atoms with Crippen LogP contribution in [-0.4, -0.2) is 63.6 Å². The van der Waals surface area contributed by atoms with Gasteiger partial charge in [-0.15, -0.1) is 0 Å². The second-order valence-electron chi connectivity index (χ2n) is 3.63. The van der Waals surface area contributed by atoms with Gasteiger partial charge in [0.05, 0.1) is 13.2 Å². The highest BCUT2D eigenvalue weighted by atomic mass is 31.2. The highest BCUT2D eigenvalue weighted by Crippen LogP contribution is 2.37. The third kappa shape index (κ3) is 4.26. The van der Waals surface area contributed by atoms with Gasteiger partial charge in [-0.1, -0.05) is 0 Å². The van der Waals surface area contributed by atoms with Crippen molar-refractivity contribution >= 4 is 13.7 Å². The van der Waals surface area contributed by atoms with Crippen molar-refractivity contribution in [3.8, 4) is 0 Å². The molecule has 1 heterocycles. The number of carbonyl (C=O) groups is 1. The fourth-order valence-electron chi connectivity index (χ4n) is 1.39. The Kier molecular flexibility index (Phi) is 5.20. The highest BCUT2D eigenvalue weighted by molar-refractivity contribution is 7.46. The van der Waals surface area contributed by atoms with E-state index in [0.29, 0.717) is 0 Å². The van der Waals surface area contributed by atoms with E-state index in [1.54, 1.807) is 0 Å². The van der Waals surface area contributed by atoms with E-state index in [-0.39, 0.29) is 6.54 Å². The molecule has 7 N–H and O–H groups in total. The Morgan fingerprint density at radius 2 is 2.00 bits per heavy atom. The number of rotatable bonds is 5. The van der Waals surface area contributed by atoms with Crippen LogP contribution in [0.2, 0.25) is 0 Å². The van der Waals surface area contributed by atoms with Gasteiger partial charge in [0.25, 0.3) is 0 Å². The van der Waals surface area contributed by atoms with Crippen LogP contribution in [0.15, 0.2) is 0 Å². The van der Waals surface area contributed by atoms with Crippen LogP contribution in [0.3, 0.4) is 0 Å². The molecule has 1 amide bonds. The lowest BCUT2D eigenvalue weighted by molar-refractivity contribution is -0.126. The first-order valence-electron chi connectivity index (χ1n) is 4.95. The van der Waals surface area contributed by atoms with Gasteiger partial charge < -0.3 is 35.8 Å². The molecule has 1 saturated heterocycles. The van der Waals surface area contributed by atoms with E-state index in [0.717, 1.165) is 0 Å². The molecule has 0 spiro atoms. The van der Waals surface area contributed by atoms with Crippen LogP contribution in [-0.2, 0) is 18.6 Å². The van der Waals surface area contributed by atoms with Gasteiger partial charge in [-0.2, -0.15) is 0 Å². The number of phosphoric acid groups is 1. The second kappa shape index (κ2) is 6.04. The number of aliphatic hydroxyl groups excluding tert-OH is 2. The van der Waals surface area contributed by atoms with Gasteiger partial charge in [-0.05, 0) is 0 Å². The van der Waals surface area contributed by atoms with Gasteiger partial charge >= 0.3 is 7.82 Å². The predicted molar refractivity (Wildman–Crippen MR) is 55.9 cm³/mol. The van der Waals surface area contributed by atoms with Crippen molar-refractivity contribution < 1.29 is 38.6 Å². The summed E-state index contributed by atoms with van der Waals surface area (Å²) >= 11 is 0. The summed E-state index contributed by atoms with van der Waals surface area (Å²) in [5.74, 6) is -0.609. The Bertz CT molecular complexity index is 346. The number of carbonyl (C=O) groups excluding carboxylic acids is 1. The van der Waals surface area contributed by atoms with E-state index in [1.807, 2.05) is 0 Å². The summed E-state index contributed by atoms with van der Waals surface area (Å²) in [7, 11) is -4.70. The molecule has 1 rings (SSSR count). The average molecular weight is 286 g/mol. The Labute approximate surface area is 102 Å². The summed E-state index contributed by atoms with van der Waals surface area (Å²) < 4.78 is 19.6. The third-order valence-corrected chi connectivity index (χ3v) is 2.74. The van der Waals surface area contributed by atoms with E-state index in [9.17, 15) is 19.6 Å². The molecule has 1 fully saturated rings. The van der Waals surface area contributed by atoms with Crippen molar-refractivity contribution in [2.45, 2.75) is 24.5 Å². The number of hydrogen-bond donors (Lipinski definition) is 6. The Morgan fingerprint density at radius 3 is 2.50 bits per heavy atom. The fourth-order valence-corrected chi connectivity index (χ4v) is 1.73. The maximum absolute atomic E-state index is 11.0. The Morgan fingerprint density at radius 1 is 1.39 bits per heavy atom. The molecule has 10 nitrogen and oxygen atoms in total. The van der Waals surface area contributed by atoms with Crippen LogP contribution < -0.4 is 11.1 Å². The van der Waals surface area contributed by atoms with Gasteiger partial charge in [0.2, 0.25) is 5.91 Å². The first kappa shape index (κ1) is 15.5. The van der Waals surface area contributed by atoms with Crippen molar-refractivity contribution in [3.05, 3.63) is 0 Å². The van der Waals surface area contributed by atoms with Gasteiger partial charge in [-0.3, -0.25) is 9.32 Å². The van der Waals surface area contributed by atoms with Gasteiger partial charge in [0.15, 0.2) is 6.23 Å². The van der Waals surface area contributed by atoms with Crippen molar-refractivity contribution in [2.24, 2.45) is 5.73 Å². The van der Waals surface area contributed by atoms with Crippen molar-refractivity contribution in [1.29, 1.82) is 0 Å². The molecule has 0 saturated carbocycles. The second-order valence-corrected chi connectivity index (χ2v) is 4.87. The zero-order valence-corrected chi connectivity index (χ0v) is 10.1. The van der Waals surface area contributed by atoms with Crippen LogP contribution in [0.4, 0.5) is 0 Å². The van der Waals surface area contributed by atoms with Crippen LogP contribution >= 0.6 is 7.82 Å². The van der Waals surface area contributed by atoms with Gasteiger partial charge in [0.1, 0.15) is 18.3 Å². The van der Waals surface area contributed by atoms with Crippen molar-refractivity contribution in [3.63, 3.8) is 0 Å².